The van der Waals surface area contributed by atoms with Crippen LogP contribution in [0.5, 0.6) is 5.88 Å². The van der Waals surface area contributed by atoms with Crippen molar-refractivity contribution >= 4 is 30.7 Å². The zero-order valence-electron chi connectivity index (χ0n) is 12.8. The minimum atomic E-state index is -4.47. The quantitative estimate of drug-likeness (QED) is 0.859. The Morgan fingerprint density at radius 3 is 2.50 bits per heavy atom. The van der Waals surface area contributed by atoms with Gasteiger partial charge in [-0.2, -0.15) is 13.2 Å². The number of aromatic nitrogens is 1. The molecular formula is C14H20Cl2F3N3O2. The van der Waals surface area contributed by atoms with E-state index >= 15 is 0 Å². The van der Waals surface area contributed by atoms with Crippen molar-refractivity contribution in [2.24, 2.45) is 11.7 Å². The van der Waals surface area contributed by atoms with Crippen LogP contribution in [0.1, 0.15) is 23.2 Å². The largest absolute Gasteiger partial charge is 0.467 e. The van der Waals surface area contributed by atoms with Gasteiger partial charge in [-0.1, -0.05) is 0 Å². The van der Waals surface area contributed by atoms with Crippen LogP contribution in [0.15, 0.2) is 18.3 Å². The van der Waals surface area contributed by atoms with E-state index in [4.69, 9.17) is 5.73 Å². The summed E-state index contributed by atoms with van der Waals surface area (Å²) in [6.45, 7) is 0.178. The summed E-state index contributed by atoms with van der Waals surface area (Å²) < 4.78 is 41.4. The minimum Gasteiger partial charge on any atom is -0.467 e. The summed E-state index contributed by atoms with van der Waals surface area (Å²) in [6, 6.07) is 2.93. The van der Waals surface area contributed by atoms with Gasteiger partial charge in [0.1, 0.15) is 5.56 Å². The fourth-order valence-corrected chi connectivity index (χ4v) is 2.36. The molecule has 0 aliphatic carbocycles. The van der Waals surface area contributed by atoms with Crippen molar-refractivity contribution in [3.05, 3.63) is 23.9 Å². The van der Waals surface area contributed by atoms with Crippen molar-refractivity contribution in [3.8, 4) is 5.88 Å². The number of piperidine rings is 1. The Kier molecular flexibility index (Phi) is 9.39. The van der Waals surface area contributed by atoms with Gasteiger partial charge in [-0.05, 0) is 37.4 Å². The van der Waals surface area contributed by atoms with Crippen LogP contribution < -0.4 is 10.5 Å². The van der Waals surface area contributed by atoms with Crippen molar-refractivity contribution in [1.29, 1.82) is 0 Å². The van der Waals surface area contributed by atoms with Gasteiger partial charge >= 0.3 is 6.18 Å². The Hall–Kier alpha value is -1.25. The van der Waals surface area contributed by atoms with E-state index in [1.807, 2.05) is 0 Å². The molecule has 1 aliphatic rings. The normalized spacial score (nSPS) is 15.2. The lowest BCUT2D eigenvalue weighted by Gasteiger charge is -2.31. The highest BCUT2D eigenvalue weighted by Gasteiger charge is 2.30. The van der Waals surface area contributed by atoms with Gasteiger partial charge in [0.25, 0.3) is 5.91 Å². The third-order valence-electron chi connectivity index (χ3n) is 3.61. The lowest BCUT2D eigenvalue weighted by Crippen LogP contribution is -2.40. The molecular weight excluding hydrogens is 370 g/mol. The molecule has 24 heavy (non-hydrogen) atoms. The number of ether oxygens (including phenoxy) is 1. The molecule has 1 aromatic heterocycles. The Morgan fingerprint density at radius 1 is 1.33 bits per heavy atom. The average molecular weight is 390 g/mol. The van der Waals surface area contributed by atoms with E-state index in [1.165, 1.54) is 18.3 Å². The minimum absolute atomic E-state index is 0. The van der Waals surface area contributed by atoms with Gasteiger partial charge < -0.3 is 15.4 Å². The molecule has 0 saturated carbocycles. The number of alkyl halides is 3. The predicted octanol–water partition coefficient (Wildman–Crippen LogP) is 2.68. The molecule has 2 rings (SSSR count). The van der Waals surface area contributed by atoms with Crippen LogP contribution in [-0.2, 0) is 0 Å². The first-order valence-corrected chi connectivity index (χ1v) is 7.04. The number of pyridine rings is 1. The molecule has 2 heterocycles. The number of carbonyl (C=O) groups excluding carboxylic acids is 1. The van der Waals surface area contributed by atoms with Gasteiger partial charge in [0.05, 0.1) is 0 Å². The number of hydrogen-bond donors (Lipinski definition) is 1. The van der Waals surface area contributed by atoms with E-state index in [1.54, 1.807) is 4.90 Å². The van der Waals surface area contributed by atoms with E-state index < -0.39 is 12.8 Å². The Balaban J connectivity index is 0.00000264. The van der Waals surface area contributed by atoms with E-state index in [-0.39, 0.29) is 42.2 Å². The monoisotopic (exact) mass is 389 g/mol. The zero-order chi connectivity index (χ0) is 16.2. The fraction of sp³-hybridized carbons (Fsp3) is 0.571. The molecule has 1 aliphatic heterocycles. The van der Waals surface area contributed by atoms with Crippen LogP contribution in [0.4, 0.5) is 13.2 Å². The Labute approximate surface area is 150 Å². The first kappa shape index (κ1) is 22.8. The first-order chi connectivity index (χ1) is 10.4. The van der Waals surface area contributed by atoms with Gasteiger partial charge in [0.15, 0.2) is 6.61 Å². The number of rotatable bonds is 4. The van der Waals surface area contributed by atoms with Gasteiger partial charge in [-0.15, -0.1) is 24.8 Å². The average Bonchev–Trinajstić information content (AvgIpc) is 2.52. The molecule has 10 heteroatoms. The van der Waals surface area contributed by atoms with Gasteiger partial charge in [0.2, 0.25) is 5.88 Å². The zero-order valence-corrected chi connectivity index (χ0v) is 14.4. The van der Waals surface area contributed by atoms with Crippen molar-refractivity contribution < 1.29 is 22.7 Å². The van der Waals surface area contributed by atoms with Crippen molar-refractivity contribution in [2.45, 2.75) is 19.0 Å². The molecule has 0 radical (unpaired) electrons. The number of carbonyl (C=O) groups is 1. The summed E-state index contributed by atoms with van der Waals surface area (Å²) in [7, 11) is 0. The van der Waals surface area contributed by atoms with E-state index in [9.17, 15) is 18.0 Å². The molecule has 5 nitrogen and oxygen atoms in total. The van der Waals surface area contributed by atoms with Crippen molar-refractivity contribution in [3.63, 3.8) is 0 Å². The second kappa shape index (κ2) is 9.90. The smallest absolute Gasteiger partial charge is 0.422 e. The van der Waals surface area contributed by atoms with Crippen LogP contribution in [0, 0.1) is 5.92 Å². The van der Waals surface area contributed by atoms with Gasteiger partial charge in [-0.3, -0.25) is 4.79 Å². The maximum absolute atomic E-state index is 12.4. The van der Waals surface area contributed by atoms with Crippen LogP contribution >= 0.6 is 24.8 Å². The predicted molar refractivity (Wildman–Crippen MR) is 88.0 cm³/mol. The SMILES string of the molecule is Cl.Cl.NCC1CCN(C(=O)c2cccnc2OCC(F)(F)F)CC1. The molecule has 2 N–H and O–H groups in total. The highest BCUT2D eigenvalue weighted by molar-refractivity contribution is 5.96. The number of nitrogens with zero attached hydrogens (tertiary/aromatic N) is 2. The third-order valence-corrected chi connectivity index (χ3v) is 3.61. The Bertz CT molecular complexity index is 524. The summed E-state index contributed by atoms with van der Waals surface area (Å²) in [6.07, 6.45) is -1.59. The molecule has 1 saturated heterocycles. The summed E-state index contributed by atoms with van der Waals surface area (Å²) >= 11 is 0. The number of hydrogen-bond acceptors (Lipinski definition) is 4. The number of nitrogens with two attached hydrogens (primary N) is 1. The maximum Gasteiger partial charge on any atom is 0.422 e. The maximum atomic E-state index is 12.4. The molecule has 0 unspecified atom stereocenters. The third kappa shape index (κ3) is 6.33. The summed E-state index contributed by atoms with van der Waals surface area (Å²) in [5.41, 5.74) is 5.65. The Morgan fingerprint density at radius 2 is 1.96 bits per heavy atom. The van der Waals surface area contributed by atoms with E-state index in [0.717, 1.165) is 12.8 Å². The van der Waals surface area contributed by atoms with Crippen LogP contribution in [0.25, 0.3) is 0 Å². The fourth-order valence-electron chi connectivity index (χ4n) is 2.36. The van der Waals surface area contributed by atoms with E-state index in [0.29, 0.717) is 25.6 Å². The highest BCUT2D eigenvalue weighted by atomic mass is 35.5. The lowest BCUT2D eigenvalue weighted by atomic mass is 9.97. The number of likely N-dealkylation sites (tertiary alicyclic amines) is 1. The second-order valence-electron chi connectivity index (χ2n) is 5.23. The summed E-state index contributed by atoms with van der Waals surface area (Å²) in [5, 5.41) is 0. The summed E-state index contributed by atoms with van der Waals surface area (Å²) in [5.74, 6) is -0.259. The first-order valence-electron chi connectivity index (χ1n) is 7.04. The topological polar surface area (TPSA) is 68.5 Å². The van der Waals surface area contributed by atoms with Crippen molar-refractivity contribution in [2.75, 3.05) is 26.2 Å². The molecule has 138 valence electrons. The molecule has 0 aromatic carbocycles. The molecule has 0 bridgehead atoms. The molecule has 1 fully saturated rings. The molecule has 0 atom stereocenters. The number of amides is 1. The standard InChI is InChI=1S/C14H18F3N3O2.2ClH/c15-14(16,17)9-22-12-11(2-1-5-19-12)13(21)20-6-3-10(8-18)4-7-20;;/h1-2,5,10H,3-4,6-9,18H2;2*1H. The van der Waals surface area contributed by atoms with E-state index in [2.05, 4.69) is 9.72 Å². The van der Waals surface area contributed by atoms with Gasteiger partial charge in [0, 0.05) is 19.3 Å². The molecule has 1 amide bonds. The van der Waals surface area contributed by atoms with Gasteiger partial charge in [-0.25, -0.2) is 4.98 Å². The van der Waals surface area contributed by atoms with Crippen LogP contribution in [-0.4, -0.2) is 48.2 Å². The number of halogens is 5. The lowest BCUT2D eigenvalue weighted by molar-refractivity contribution is -0.154. The molecule has 1 aromatic rings. The molecule has 0 spiro atoms. The van der Waals surface area contributed by atoms with Crippen molar-refractivity contribution in [1.82, 2.24) is 9.88 Å². The van der Waals surface area contributed by atoms with Crippen LogP contribution in [0.3, 0.4) is 0 Å². The summed E-state index contributed by atoms with van der Waals surface area (Å²) in [4.78, 5) is 17.8. The van der Waals surface area contributed by atoms with Crippen LogP contribution in [0.2, 0.25) is 0 Å². The second-order valence-corrected chi connectivity index (χ2v) is 5.23. The highest BCUT2D eigenvalue weighted by Crippen LogP contribution is 2.23.